The average Bonchev–Trinajstić information content (AvgIpc) is 3.34. The zero-order chi connectivity index (χ0) is 17.4. The van der Waals surface area contributed by atoms with Crippen molar-refractivity contribution in [1.82, 2.24) is 5.32 Å². The largest absolute Gasteiger partial charge is 0.353 e. The van der Waals surface area contributed by atoms with E-state index in [2.05, 4.69) is 21.2 Å². The van der Waals surface area contributed by atoms with Gasteiger partial charge in [0.15, 0.2) is 0 Å². The molecule has 0 spiro atoms. The van der Waals surface area contributed by atoms with Gasteiger partial charge in [0.05, 0.1) is 0 Å². The minimum absolute atomic E-state index is 0. The van der Waals surface area contributed by atoms with Crippen molar-refractivity contribution >= 4 is 34.2 Å². The van der Waals surface area contributed by atoms with Crippen molar-refractivity contribution in [3.63, 3.8) is 0 Å². The van der Waals surface area contributed by atoms with Gasteiger partial charge in [-0.25, -0.2) is 4.39 Å². The van der Waals surface area contributed by atoms with Gasteiger partial charge in [0.1, 0.15) is 11.4 Å². The second kappa shape index (κ2) is 7.44. The van der Waals surface area contributed by atoms with Crippen LogP contribution in [0.3, 0.4) is 0 Å². The molecule has 0 saturated heterocycles. The first-order valence-corrected chi connectivity index (χ1v) is 8.72. The van der Waals surface area contributed by atoms with E-state index in [4.69, 9.17) is 5.73 Å². The molecule has 1 unspecified atom stereocenters. The lowest BCUT2D eigenvalue weighted by Gasteiger charge is -2.26. The quantitative estimate of drug-likeness (QED) is 0.757. The van der Waals surface area contributed by atoms with Gasteiger partial charge < -0.3 is 11.1 Å². The minimum Gasteiger partial charge on any atom is -0.353 e. The summed E-state index contributed by atoms with van der Waals surface area (Å²) in [6.45, 7) is 2.17. The first kappa shape index (κ1) is 19.9. The Bertz CT molecular complexity index is 760. The number of nitrogens with two attached hydrogens (primary N) is 1. The number of rotatable bonds is 5. The molecule has 1 amide bonds. The predicted octanol–water partition coefficient (Wildman–Crippen LogP) is 4.03. The van der Waals surface area contributed by atoms with Crippen LogP contribution in [0.2, 0.25) is 0 Å². The molecule has 0 aliphatic heterocycles. The van der Waals surface area contributed by atoms with Crippen molar-refractivity contribution in [3.8, 4) is 0 Å². The summed E-state index contributed by atoms with van der Waals surface area (Å²) < 4.78 is 14.4. The van der Waals surface area contributed by atoms with Gasteiger partial charge in [0.2, 0.25) is 5.91 Å². The van der Waals surface area contributed by atoms with Crippen LogP contribution in [0.1, 0.15) is 30.9 Å². The lowest BCUT2D eigenvalue weighted by molar-refractivity contribution is -0.126. The molecule has 1 aliphatic rings. The first-order chi connectivity index (χ1) is 11.3. The van der Waals surface area contributed by atoms with Crippen LogP contribution in [0.15, 0.2) is 53.0 Å². The molecule has 1 fully saturated rings. The van der Waals surface area contributed by atoms with Gasteiger partial charge in [-0.2, -0.15) is 0 Å². The number of hydrogen-bond acceptors (Lipinski definition) is 2. The maximum absolute atomic E-state index is 13.5. The predicted molar refractivity (Wildman–Crippen MR) is 103 cm³/mol. The van der Waals surface area contributed by atoms with E-state index in [1.54, 1.807) is 19.1 Å². The van der Waals surface area contributed by atoms with Gasteiger partial charge in [0, 0.05) is 16.4 Å². The third-order valence-electron chi connectivity index (χ3n) is 4.79. The molecule has 2 aromatic carbocycles. The molecule has 3 N–H and O–H groups in total. The smallest absolute Gasteiger partial charge is 0.244 e. The van der Waals surface area contributed by atoms with Gasteiger partial charge in [-0.15, -0.1) is 12.4 Å². The molecule has 3 rings (SSSR count). The van der Waals surface area contributed by atoms with Crippen molar-refractivity contribution in [2.45, 2.75) is 30.7 Å². The van der Waals surface area contributed by atoms with Gasteiger partial charge in [-0.1, -0.05) is 40.2 Å². The molecule has 0 radical (unpaired) electrons. The SMILES string of the molecule is CC(N)(C(=O)NCC1(c2cccc(F)c2)CC1)c1ccc(Br)cc1.Cl. The summed E-state index contributed by atoms with van der Waals surface area (Å²) in [6.07, 6.45) is 1.88. The zero-order valence-corrected chi connectivity index (χ0v) is 16.3. The van der Waals surface area contributed by atoms with E-state index in [9.17, 15) is 9.18 Å². The first-order valence-electron chi connectivity index (χ1n) is 7.93. The fraction of sp³-hybridized carbons (Fsp3) is 0.316. The summed E-state index contributed by atoms with van der Waals surface area (Å²) in [5, 5.41) is 2.96. The minimum atomic E-state index is -1.11. The molecule has 1 saturated carbocycles. The van der Waals surface area contributed by atoms with Gasteiger partial charge in [0.25, 0.3) is 0 Å². The van der Waals surface area contributed by atoms with Crippen molar-refractivity contribution in [2.75, 3.05) is 6.54 Å². The number of halogens is 3. The maximum atomic E-state index is 13.5. The Morgan fingerprint density at radius 1 is 1.28 bits per heavy atom. The maximum Gasteiger partial charge on any atom is 0.244 e. The number of carbonyl (C=O) groups excluding carboxylic acids is 1. The van der Waals surface area contributed by atoms with Crippen molar-refractivity contribution in [3.05, 3.63) is 69.9 Å². The average molecular weight is 428 g/mol. The molecule has 25 heavy (non-hydrogen) atoms. The van der Waals surface area contributed by atoms with E-state index in [0.29, 0.717) is 6.54 Å². The molecular formula is C19H21BrClFN2O. The number of hydrogen-bond donors (Lipinski definition) is 2. The standard InChI is InChI=1S/C19H20BrFN2O.ClH/c1-18(22,13-5-7-15(20)8-6-13)17(24)23-12-19(9-10-19)14-3-2-4-16(21)11-14;/h2-8,11H,9-10,12,22H2,1H3,(H,23,24);1H. The van der Waals surface area contributed by atoms with E-state index in [0.717, 1.165) is 28.4 Å². The number of amides is 1. The Labute approximate surface area is 161 Å². The topological polar surface area (TPSA) is 55.1 Å². The van der Waals surface area contributed by atoms with Crippen molar-refractivity contribution in [2.24, 2.45) is 5.73 Å². The Balaban J connectivity index is 0.00000225. The number of carbonyl (C=O) groups is 1. The van der Waals surface area contributed by atoms with Crippen LogP contribution in [-0.2, 0) is 15.7 Å². The summed E-state index contributed by atoms with van der Waals surface area (Å²) in [7, 11) is 0. The van der Waals surface area contributed by atoms with Crippen LogP contribution in [0.4, 0.5) is 4.39 Å². The van der Waals surface area contributed by atoms with E-state index in [1.807, 2.05) is 30.3 Å². The van der Waals surface area contributed by atoms with E-state index in [1.165, 1.54) is 6.07 Å². The van der Waals surface area contributed by atoms with Crippen LogP contribution >= 0.6 is 28.3 Å². The molecule has 1 atom stereocenters. The van der Waals surface area contributed by atoms with Crippen molar-refractivity contribution in [1.29, 1.82) is 0 Å². The summed E-state index contributed by atoms with van der Waals surface area (Å²) in [5.41, 5.74) is 6.67. The highest BCUT2D eigenvalue weighted by Crippen LogP contribution is 2.47. The molecule has 3 nitrogen and oxygen atoms in total. The molecule has 0 bridgehead atoms. The second-order valence-electron chi connectivity index (χ2n) is 6.68. The van der Waals surface area contributed by atoms with Crippen molar-refractivity contribution < 1.29 is 9.18 Å². The third kappa shape index (κ3) is 4.22. The highest BCUT2D eigenvalue weighted by atomic mass is 79.9. The lowest BCUT2D eigenvalue weighted by atomic mass is 9.91. The lowest BCUT2D eigenvalue weighted by Crippen LogP contribution is -2.50. The molecule has 2 aromatic rings. The molecule has 0 heterocycles. The van der Waals surface area contributed by atoms with Gasteiger partial charge >= 0.3 is 0 Å². The second-order valence-corrected chi connectivity index (χ2v) is 7.60. The number of benzene rings is 2. The molecule has 134 valence electrons. The van der Waals surface area contributed by atoms with Crippen LogP contribution in [-0.4, -0.2) is 12.5 Å². The summed E-state index contributed by atoms with van der Waals surface area (Å²) >= 11 is 3.37. The Morgan fingerprint density at radius 2 is 1.92 bits per heavy atom. The van der Waals surface area contributed by atoms with Crippen LogP contribution in [0.25, 0.3) is 0 Å². The molecule has 6 heteroatoms. The zero-order valence-electron chi connectivity index (χ0n) is 13.9. The highest BCUT2D eigenvalue weighted by molar-refractivity contribution is 9.10. The van der Waals surface area contributed by atoms with E-state index >= 15 is 0 Å². The van der Waals surface area contributed by atoms with Crippen LogP contribution in [0.5, 0.6) is 0 Å². The molecule has 1 aliphatic carbocycles. The van der Waals surface area contributed by atoms with E-state index in [-0.39, 0.29) is 29.5 Å². The number of nitrogens with one attached hydrogen (secondary N) is 1. The van der Waals surface area contributed by atoms with Gasteiger partial charge in [-0.05, 0) is 55.2 Å². The molecule has 0 aromatic heterocycles. The summed E-state index contributed by atoms with van der Waals surface area (Å²) in [6, 6.07) is 14.0. The van der Waals surface area contributed by atoms with Crippen LogP contribution in [0, 0.1) is 5.82 Å². The highest BCUT2D eigenvalue weighted by Gasteiger charge is 2.45. The fourth-order valence-corrected chi connectivity index (χ4v) is 3.16. The third-order valence-corrected chi connectivity index (χ3v) is 5.32. The summed E-state index contributed by atoms with van der Waals surface area (Å²) in [5.74, 6) is -0.476. The van der Waals surface area contributed by atoms with Gasteiger partial charge in [-0.3, -0.25) is 4.79 Å². The normalized spacial score (nSPS) is 17.1. The Hall–Kier alpha value is -1.43. The summed E-state index contributed by atoms with van der Waals surface area (Å²) in [4.78, 5) is 12.6. The van der Waals surface area contributed by atoms with E-state index < -0.39 is 5.54 Å². The fourth-order valence-electron chi connectivity index (χ4n) is 2.90. The Kier molecular flexibility index (Phi) is 5.92. The van der Waals surface area contributed by atoms with Crippen LogP contribution < -0.4 is 11.1 Å². The monoisotopic (exact) mass is 426 g/mol. The molecular weight excluding hydrogens is 407 g/mol. The Morgan fingerprint density at radius 3 is 2.48 bits per heavy atom.